The molecule has 2 aromatic rings. The van der Waals surface area contributed by atoms with Crippen molar-refractivity contribution >= 4 is 5.69 Å². The van der Waals surface area contributed by atoms with Crippen LogP contribution in [0.3, 0.4) is 0 Å². The highest BCUT2D eigenvalue weighted by Gasteiger charge is 2.24. The maximum Gasteiger partial charge on any atom is 0.0490 e. The molecule has 4 nitrogen and oxygen atoms in total. The normalized spacial score (nSPS) is 22.5. The van der Waals surface area contributed by atoms with Gasteiger partial charge in [-0.15, -0.1) is 0 Å². The SMILES string of the molecule is c1cc(C2CCN(Cc3ccc(N4CCCC4)cc3)C2)[nH]n1. The number of benzene rings is 1. The molecule has 1 aromatic heterocycles. The topological polar surface area (TPSA) is 35.2 Å². The highest BCUT2D eigenvalue weighted by Crippen LogP contribution is 2.27. The fraction of sp³-hybridized carbons (Fsp3) is 0.500. The molecule has 0 saturated carbocycles. The lowest BCUT2D eigenvalue weighted by Gasteiger charge is -2.19. The Bertz CT molecular complexity index is 584. The largest absolute Gasteiger partial charge is 0.372 e. The van der Waals surface area contributed by atoms with E-state index >= 15 is 0 Å². The minimum atomic E-state index is 0.617. The van der Waals surface area contributed by atoms with Crippen LogP contribution in [0.25, 0.3) is 0 Å². The van der Waals surface area contributed by atoms with Gasteiger partial charge in [0.05, 0.1) is 0 Å². The molecule has 4 rings (SSSR count). The number of hydrogen-bond donors (Lipinski definition) is 1. The lowest BCUT2D eigenvalue weighted by molar-refractivity contribution is 0.326. The average molecular weight is 296 g/mol. The van der Waals surface area contributed by atoms with E-state index in [1.54, 1.807) is 0 Å². The summed E-state index contributed by atoms with van der Waals surface area (Å²) in [6, 6.07) is 11.3. The molecule has 1 aromatic carbocycles. The molecule has 0 spiro atoms. The molecule has 2 aliphatic heterocycles. The second kappa shape index (κ2) is 6.13. The summed E-state index contributed by atoms with van der Waals surface area (Å²) in [6.07, 6.45) is 5.76. The van der Waals surface area contributed by atoms with Gasteiger partial charge >= 0.3 is 0 Å². The van der Waals surface area contributed by atoms with E-state index < -0.39 is 0 Å². The minimum Gasteiger partial charge on any atom is -0.372 e. The summed E-state index contributed by atoms with van der Waals surface area (Å²) < 4.78 is 0. The number of anilines is 1. The molecular weight excluding hydrogens is 272 g/mol. The zero-order valence-corrected chi connectivity index (χ0v) is 13.0. The van der Waals surface area contributed by atoms with Crippen LogP contribution in [0.1, 0.15) is 36.4 Å². The number of nitrogens with zero attached hydrogens (tertiary/aromatic N) is 3. The monoisotopic (exact) mass is 296 g/mol. The summed E-state index contributed by atoms with van der Waals surface area (Å²) in [4.78, 5) is 5.05. The molecule has 2 saturated heterocycles. The van der Waals surface area contributed by atoms with Crippen molar-refractivity contribution in [3.8, 4) is 0 Å². The Kier molecular flexibility index (Phi) is 3.85. The molecular formula is C18H24N4. The maximum atomic E-state index is 4.08. The Balaban J connectivity index is 1.35. The third-order valence-corrected chi connectivity index (χ3v) is 5.05. The molecule has 0 radical (unpaired) electrons. The molecule has 1 unspecified atom stereocenters. The van der Waals surface area contributed by atoms with Crippen molar-refractivity contribution < 1.29 is 0 Å². The van der Waals surface area contributed by atoms with Gasteiger partial charge in [-0.25, -0.2) is 0 Å². The Labute approximate surface area is 132 Å². The number of aromatic amines is 1. The number of hydrogen-bond acceptors (Lipinski definition) is 3. The average Bonchev–Trinajstić information content (AvgIpc) is 3.30. The Morgan fingerprint density at radius 1 is 1.05 bits per heavy atom. The first-order chi connectivity index (χ1) is 10.9. The number of H-pyrrole nitrogens is 1. The smallest absolute Gasteiger partial charge is 0.0490 e. The Morgan fingerprint density at radius 2 is 1.86 bits per heavy atom. The summed E-state index contributed by atoms with van der Waals surface area (Å²) in [5.74, 6) is 0.617. The number of likely N-dealkylation sites (tertiary alicyclic amines) is 1. The van der Waals surface area contributed by atoms with E-state index in [9.17, 15) is 0 Å². The predicted octanol–water partition coefficient (Wildman–Crippen LogP) is 3.00. The minimum absolute atomic E-state index is 0.617. The fourth-order valence-electron chi connectivity index (χ4n) is 3.77. The first-order valence-corrected chi connectivity index (χ1v) is 8.44. The van der Waals surface area contributed by atoms with Crippen LogP contribution in [0.2, 0.25) is 0 Å². The van der Waals surface area contributed by atoms with Crippen molar-refractivity contribution in [1.82, 2.24) is 15.1 Å². The van der Waals surface area contributed by atoms with Gasteiger partial charge in [-0.3, -0.25) is 10.00 Å². The zero-order valence-electron chi connectivity index (χ0n) is 13.0. The van der Waals surface area contributed by atoms with Gasteiger partial charge in [-0.2, -0.15) is 5.10 Å². The molecule has 3 heterocycles. The standard InChI is InChI=1S/C18H24N4/c1-2-11-22(10-1)17-5-3-15(4-6-17)13-21-12-8-16(14-21)18-7-9-19-20-18/h3-7,9,16H,1-2,8,10-14H2,(H,19,20). The number of rotatable bonds is 4. The molecule has 0 amide bonds. The summed E-state index contributed by atoms with van der Waals surface area (Å²) in [5, 5.41) is 7.20. The van der Waals surface area contributed by atoms with Crippen LogP contribution >= 0.6 is 0 Å². The Hall–Kier alpha value is -1.81. The Morgan fingerprint density at radius 3 is 2.59 bits per heavy atom. The fourth-order valence-corrected chi connectivity index (χ4v) is 3.77. The predicted molar refractivity (Wildman–Crippen MR) is 89.1 cm³/mol. The third-order valence-electron chi connectivity index (χ3n) is 5.05. The van der Waals surface area contributed by atoms with E-state index in [-0.39, 0.29) is 0 Å². The first kappa shape index (κ1) is 13.8. The van der Waals surface area contributed by atoms with Gasteiger partial charge in [0.25, 0.3) is 0 Å². The highest BCUT2D eigenvalue weighted by molar-refractivity contribution is 5.48. The van der Waals surface area contributed by atoms with Crippen molar-refractivity contribution in [3.63, 3.8) is 0 Å². The van der Waals surface area contributed by atoms with Crippen LogP contribution in [0.15, 0.2) is 36.5 Å². The first-order valence-electron chi connectivity index (χ1n) is 8.44. The van der Waals surface area contributed by atoms with Crippen LogP contribution in [0.5, 0.6) is 0 Å². The van der Waals surface area contributed by atoms with Crippen molar-refractivity contribution in [1.29, 1.82) is 0 Å². The van der Waals surface area contributed by atoms with E-state index in [4.69, 9.17) is 0 Å². The van der Waals surface area contributed by atoms with E-state index in [2.05, 4.69) is 50.3 Å². The quantitative estimate of drug-likeness (QED) is 0.942. The summed E-state index contributed by atoms with van der Waals surface area (Å²) >= 11 is 0. The van der Waals surface area contributed by atoms with E-state index in [0.29, 0.717) is 5.92 Å². The van der Waals surface area contributed by atoms with Gasteiger partial charge in [-0.05, 0) is 49.6 Å². The van der Waals surface area contributed by atoms with Crippen LogP contribution in [0.4, 0.5) is 5.69 Å². The van der Waals surface area contributed by atoms with Gasteiger partial charge in [-0.1, -0.05) is 12.1 Å². The van der Waals surface area contributed by atoms with Crippen LogP contribution in [0, 0.1) is 0 Å². The summed E-state index contributed by atoms with van der Waals surface area (Å²) in [5.41, 5.74) is 4.10. The van der Waals surface area contributed by atoms with Gasteiger partial charge in [0, 0.05) is 49.7 Å². The lowest BCUT2D eigenvalue weighted by Crippen LogP contribution is -2.20. The molecule has 1 atom stereocenters. The maximum absolute atomic E-state index is 4.08. The number of nitrogens with one attached hydrogen (secondary N) is 1. The third kappa shape index (κ3) is 2.88. The van der Waals surface area contributed by atoms with Crippen molar-refractivity contribution in [2.75, 3.05) is 31.1 Å². The van der Waals surface area contributed by atoms with E-state index in [1.165, 1.54) is 55.8 Å². The van der Waals surface area contributed by atoms with E-state index in [0.717, 1.165) is 13.1 Å². The van der Waals surface area contributed by atoms with Gasteiger partial charge < -0.3 is 4.90 Å². The van der Waals surface area contributed by atoms with Crippen LogP contribution < -0.4 is 4.90 Å². The molecule has 116 valence electrons. The molecule has 0 aliphatic carbocycles. The summed E-state index contributed by atoms with van der Waals surface area (Å²) in [6.45, 7) is 5.81. The zero-order chi connectivity index (χ0) is 14.8. The van der Waals surface area contributed by atoms with Crippen molar-refractivity contribution in [3.05, 3.63) is 47.8 Å². The van der Waals surface area contributed by atoms with Crippen LogP contribution in [-0.4, -0.2) is 41.3 Å². The second-order valence-corrected chi connectivity index (χ2v) is 6.59. The van der Waals surface area contributed by atoms with Crippen LogP contribution in [-0.2, 0) is 6.54 Å². The van der Waals surface area contributed by atoms with Crippen molar-refractivity contribution in [2.45, 2.75) is 31.7 Å². The molecule has 0 bridgehead atoms. The van der Waals surface area contributed by atoms with Crippen molar-refractivity contribution in [2.24, 2.45) is 0 Å². The highest BCUT2D eigenvalue weighted by atomic mass is 15.2. The summed E-state index contributed by atoms with van der Waals surface area (Å²) in [7, 11) is 0. The number of aromatic nitrogens is 2. The molecule has 2 fully saturated rings. The van der Waals surface area contributed by atoms with Gasteiger partial charge in [0.1, 0.15) is 0 Å². The van der Waals surface area contributed by atoms with Gasteiger partial charge in [0.15, 0.2) is 0 Å². The molecule has 1 N–H and O–H groups in total. The molecule has 4 heteroatoms. The second-order valence-electron chi connectivity index (χ2n) is 6.59. The van der Waals surface area contributed by atoms with Gasteiger partial charge in [0.2, 0.25) is 0 Å². The molecule has 22 heavy (non-hydrogen) atoms. The lowest BCUT2D eigenvalue weighted by atomic mass is 10.1. The molecule has 2 aliphatic rings. The van der Waals surface area contributed by atoms with E-state index in [1.807, 2.05) is 6.20 Å².